The van der Waals surface area contributed by atoms with Crippen molar-refractivity contribution in [3.8, 4) is 0 Å². The number of ether oxygens (including phenoxy) is 1. The number of hydrogen-bond acceptors (Lipinski definition) is 3. The zero-order chi connectivity index (χ0) is 9.90. The fraction of sp³-hybridized carbons (Fsp3) is 0.778. The first kappa shape index (κ1) is 10.5. The highest BCUT2D eigenvalue weighted by atomic mass is 35.5. The molecule has 4 heteroatoms. The molecule has 0 aromatic heterocycles. The van der Waals surface area contributed by atoms with Gasteiger partial charge < -0.3 is 4.74 Å². The van der Waals surface area contributed by atoms with Gasteiger partial charge in [0.05, 0.1) is 7.11 Å². The highest BCUT2D eigenvalue weighted by Gasteiger charge is 2.44. The number of carbonyl (C=O) groups is 2. The number of alkyl halides is 1. The van der Waals surface area contributed by atoms with Gasteiger partial charge in [-0.05, 0) is 12.8 Å². The van der Waals surface area contributed by atoms with E-state index in [-0.39, 0.29) is 5.78 Å². The molecule has 1 atom stereocenters. The van der Waals surface area contributed by atoms with Crippen molar-refractivity contribution < 1.29 is 14.3 Å². The van der Waals surface area contributed by atoms with E-state index in [0.29, 0.717) is 12.8 Å². The maximum Gasteiger partial charge on any atom is 0.334 e. The van der Waals surface area contributed by atoms with Gasteiger partial charge in [-0.3, -0.25) is 4.79 Å². The Hall–Kier alpha value is -0.570. The van der Waals surface area contributed by atoms with Crippen molar-refractivity contribution in [3.63, 3.8) is 0 Å². The summed E-state index contributed by atoms with van der Waals surface area (Å²) in [6.07, 6.45) is 3.38. The summed E-state index contributed by atoms with van der Waals surface area (Å²) in [5.41, 5.74) is 0. The number of carbonyl (C=O) groups excluding carboxylic acids is 2. The third kappa shape index (κ3) is 2.02. The van der Waals surface area contributed by atoms with Crippen LogP contribution < -0.4 is 0 Å². The van der Waals surface area contributed by atoms with Crippen molar-refractivity contribution in [2.24, 2.45) is 0 Å². The first-order valence-corrected chi connectivity index (χ1v) is 4.79. The Kier molecular flexibility index (Phi) is 3.31. The van der Waals surface area contributed by atoms with Gasteiger partial charge in [-0.25, -0.2) is 4.79 Å². The van der Waals surface area contributed by atoms with Crippen LogP contribution in [0.5, 0.6) is 0 Å². The van der Waals surface area contributed by atoms with E-state index in [0.717, 1.165) is 19.3 Å². The molecule has 0 aromatic carbocycles. The topological polar surface area (TPSA) is 43.4 Å². The Morgan fingerprint density at radius 3 is 2.77 bits per heavy atom. The van der Waals surface area contributed by atoms with Gasteiger partial charge in [-0.2, -0.15) is 0 Å². The summed E-state index contributed by atoms with van der Waals surface area (Å²) in [5, 5.41) is 0. The van der Waals surface area contributed by atoms with Crippen LogP contribution >= 0.6 is 11.6 Å². The predicted octanol–water partition coefficient (Wildman–Crippen LogP) is 1.67. The molecule has 0 bridgehead atoms. The number of Topliss-reactive ketones (excluding diaryl/α,β-unsaturated/α-hetero) is 1. The molecule has 1 aliphatic carbocycles. The molecule has 0 amide bonds. The van der Waals surface area contributed by atoms with Crippen LogP contribution in [0, 0.1) is 0 Å². The fourth-order valence-corrected chi connectivity index (χ4v) is 1.85. The van der Waals surface area contributed by atoms with Gasteiger partial charge in [-0.1, -0.05) is 24.4 Å². The quantitative estimate of drug-likeness (QED) is 0.283. The number of esters is 1. The number of rotatable bonds is 1. The Morgan fingerprint density at radius 1 is 1.46 bits per heavy atom. The van der Waals surface area contributed by atoms with E-state index in [9.17, 15) is 9.59 Å². The molecular weight excluding hydrogens is 192 g/mol. The highest BCUT2D eigenvalue weighted by molar-refractivity contribution is 6.45. The van der Waals surface area contributed by atoms with Gasteiger partial charge in [0.25, 0.3) is 0 Å². The molecule has 13 heavy (non-hydrogen) atoms. The lowest BCUT2D eigenvalue weighted by atomic mass is 9.98. The molecule has 74 valence electrons. The van der Waals surface area contributed by atoms with Gasteiger partial charge in [-0.15, -0.1) is 0 Å². The van der Waals surface area contributed by atoms with Crippen LogP contribution in [0.2, 0.25) is 0 Å². The first-order valence-electron chi connectivity index (χ1n) is 4.42. The van der Waals surface area contributed by atoms with Crippen molar-refractivity contribution in [2.45, 2.75) is 37.0 Å². The molecule has 0 radical (unpaired) electrons. The van der Waals surface area contributed by atoms with E-state index in [4.69, 9.17) is 11.6 Å². The molecule has 0 aromatic rings. The molecule has 1 rings (SSSR count). The monoisotopic (exact) mass is 204 g/mol. The summed E-state index contributed by atoms with van der Waals surface area (Å²) < 4.78 is 4.53. The second-order valence-electron chi connectivity index (χ2n) is 3.28. The van der Waals surface area contributed by atoms with Crippen LogP contribution in [-0.4, -0.2) is 23.7 Å². The molecule has 1 fully saturated rings. The van der Waals surface area contributed by atoms with Gasteiger partial charge in [0, 0.05) is 6.42 Å². The minimum atomic E-state index is -1.40. The van der Waals surface area contributed by atoms with Crippen LogP contribution in [0.4, 0.5) is 0 Å². The Balaban J connectivity index is 2.82. The minimum absolute atomic E-state index is 0.196. The van der Waals surface area contributed by atoms with E-state index in [2.05, 4.69) is 4.74 Å². The molecule has 0 unspecified atom stereocenters. The molecule has 1 saturated carbocycles. The molecule has 3 nitrogen and oxygen atoms in total. The number of hydrogen-bond donors (Lipinski definition) is 0. The number of methoxy groups -OCH3 is 1. The zero-order valence-electron chi connectivity index (χ0n) is 7.64. The molecular formula is C9H13ClO3. The average molecular weight is 205 g/mol. The fourth-order valence-electron chi connectivity index (χ4n) is 1.55. The minimum Gasteiger partial charge on any atom is -0.467 e. The Morgan fingerprint density at radius 2 is 2.15 bits per heavy atom. The van der Waals surface area contributed by atoms with E-state index >= 15 is 0 Å². The first-order chi connectivity index (χ1) is 6.11. The van der Waals surface area contributed by atoms with Crippen LogP contribution in [-0.2, 0) is 14.3 Å². The number of halogens is 1. The maximum atomic E-state index is 11.5. The Labute approximate surface area is 82.4 Å². The van der Waals surface area contributed by atoms with Crippen LogP contribution in [0.15, 0.2) is 0 Å². The third-order valence-corrected chi connectivity index (χ3v) is 2.93. The Bertz CT molecular complexity index is 227. The average Bonchev–Trinajstić information content (AvgIpc) is 2.29. The molecule has 0 spiro atoms. The normalized spacial score (nSPS) is 29.5. The molecule has 0 aliphatic heterocycles. The van der Waals surface area contributed by atoms with Crippen molar-refractivity contribution in [3.05, 3.63) is 0 Å². The SMILES string of the molecule is COC(=O)[C@]1(Cl)CCCCCC1=O. The van der Waals surface area contributed by atoms with Crippen molar-refractivity contribution >= 4 is 23.4 Å². The molecule has 1 aliphatic rings. The molecule has 0 saturated heterocycles. The van der Waals surface area contributed by atoms with Crippen molar-refractivity contribution in [1.29, 1.82) is 0 Å². The third-order valence-electron chi connectivity index (χ3n) is 2.38. The van der Waals surface area contributed by atoms with E-state index in [1.807, 2.05) is 0 Å². The van der Waals surface area contributed by atoms with Crippen LogP contribution in [0.1, 0.15) is 32.1 Å². The molecule has 0 N–H and O–H groups in total. The van der Waals surface area contributed by atoms with E-state index in [1.54, 1.807) is 0 Å². The lowest BCUT2D eigenvalue weighted by molar-refractivity contribution is -0.147. The summed E-state index contributed by atoms with van der Waals surface area (Å²) in [6, 6.07) is 0. The number of ketones is 1. The van der Waals surface area contributed by atoms with E-state index in [1.165, 1.54) is 7.11 Å². The summed E-state index contributed by atoms with van der Waals surface area (Å²) in [5.74, 6) is -0.806. The highest BCUT2D eigenvalue weighted by Crippen LogP contribution is 2.31. The standard InChI is InChI=1S/C9H13ClO3/c1-13-8(12)9(10)6-4-2-3-5-7(9)11/h2-6H2,1H3/t9-/m0/s1. The lowest BCUT2D eigenvalue weighted by Gasteiger charge is -2.19. The summed E-state index contributed by atoms with van der Waals surface area (Å²) in [6.45, 7) is 0. The zero-order valence-corrected chi connectivity index (χ0v) is 8.39. The second-order valence-corrected chi connectivity index (χ2v) is 3.92. The van der Waals surface area contributed by atoms with Gasteiger partial charge in [0.15, 0.2) is 10.7 Å². The predicted molar refractivity (Wildman–Crippen MR) is 48.7 cm³/mol. The summed E-state index contributed by atoms with van der Waals surface area (Å²) in [7, 11) is 1.25. The van der Waals surface area contributed by atoms with Gasteiger partial charge >= 0.3 is 5.97 Å². The maximum absolute atomic E-state index is 11.5. The van der Waals surface area contributed by atoms with Crippen molar-refractivity contribution in [2.75, 3.05) is 7.11 Å². The lowest BCUT2D eigenvalue weighted by Crippen LogP contribution is -2.41. The summed E-state index contributed by atoms with van der Waals surface area (Å²) >= 11 is 5.96. The van der Waals surface area contributed by atoms with Crippen LogP contribution in [0.3, 0.4) is 0 Å². The smallest absolute Gasteiger partial charge is 0.334 e. The second kappa shape index (κ2) is 4.09. The van der Waals surface area contributed by atoms with Gasteiger partial charge in [0.1, 0.15) is 0 Å². The largest absolute Gasteiger partial charge is 0.467 e. The van der Waals surface area contributed by atoms with Crippen LogP contribution in [0.25, 0.3) is 0 Å². The molecule has 0 heterocycles. The van der Waals surface area contributed by atoms with E-state index < -0.39 is 10.8 Å². The van der Waals surface area contributed by atoms with Gasteiger partial charge in [0.2, 0.25) is 0 Å². The summed E-state index contributed by atoms with van der Waals surface area (Å²) in [4.78, 5) is 21.4. The van der Waals surface area contributed by atoms with Crippen molar-refractivity contribution in [1.82, 2.24) is 0 Å².